The lowest BCUT2D eigenvalue weighted by Gasteiger charge is -2.36. The van der Waals surface area contributed by atoms with Gasteiger partial charge in [-0.3, -0.25) is 28.0 Å². The van der Waals surface area contributed by atoms with Crippen LogP contribution < -0.4 is 11.4 Å². The highest BCUT2D eigenvalue weighted by Gasteiger charge is 2.42. The van der Waals surface area contributed by atoms with Gasteiger partial charge < -0.3 is 45.1 Å². The second kappa shape index (κ2) is 34.6. The predicted octanol–water partition coefficient (Wildman–Crippen LogP) is 7.95. The Bertz CT molecular complexity index is 2090. The Balaban J connectivity index is 1.77. The fraction of sp³-hybridized carbons (Fsp3) is 0.660. The molecule has 0 aliphatic carbocycles. The van der Waals surface area contributed by atoms with Crippen molar-refractivity contribution < 1.29 is 76.2 Å². The number of nitrogen functional groups attached to an aromatic ring is 1. The number of hydrogen-bond acceptors (Lipinski definition) is 17. The Kier molecular flexibility index (Phi) is 29.9. The number of aliphatic hydroxyl groups excluding tert-OH is 3. The number of phosphoric ester groups is 2. The fourth-order valence-corrected chi connectivity index (χ4v) is 9.83. The highest BCUT2D eigenvalue weighted by molar-refractivity contribution is 7.61. The van der Waals surface area contributed by atoms with Gasteiger partial charge in [-0.05, 0) is 76.4 Å². The first-order valence-electron chi connectivity index (χ1n) is 25.4. The zero-order chi connectivity index (χ0) is 52.8. The third kappa shape index (κ3) is 25.4. The van der Waals surface area contributed by atoms with Gasteiger partial charge in [-0.15, -0.1) is 0 Å². The fourth-order valence-electron chi connectivity index (χ4n) is 7.72. The van der Waals surface area contributed by atoms with Crippen LogP contribution in [0.3, 0.4) is 0 Å². The SMILES string of the molecule is CCCCC/C=C\C/C=C\CCCCCCCC(=O)OC[C@@H]1COP(=O)(O)OP(=O)(O)OC[C@H]2O[C@@H](n3ccc(N)nc3=O)[C@H](C=CC(=O)[C@H](C=C[C@@H](O)CCCCC)[C@H](O)[C@@H]2O)CC=CCCCC(=O)O1. The molecule has 0 saturated carbocycles. The van der Waals surface area contributed by atoms with Crippen LogP contribution in [0.5, 0.6) is 0 Å². The Hall–Kier alpha value is -3.91. The van der Waals surface area contributed by atoms with E-state index in [1.165, 1.54) is 49.8 Å². The molecule has 0 fully saturated rings. The molecule has 406 valence electrons. The zero-order valence-corrected chi connectivity index (χ0v) is 43.6. The van der Waals surface area contributed by atoms with Gasteiger partial charge in [-0.25, -0.2) is 13.9 Å². The van der Waals surface area contributed by atoms with E-state index in [2.05, 4.69) is 40.5 Å². The highest BCUT2D eigenvalue weighted by atomic mass is 31.3. The number of allylic oxidation sites excluding steroid dienone is 7. The lowest BCUT2D eigenvalue weighted by atomic mass is 9.88. The van der Waals surface area contributed by atoms with Crippen molar-refractivity contribution in [1.82, 2.24) is 9.55 Å². The van der Waals surface area contributed by atoms with E-state index in [4.69, 9.17) is 29.0 Å². The van der Waals surface area contributed by atoms with E-state index in [0.717, 1.165) is 68.4 Å². The summed E-state index contributed by atoms with van der Waals surface area (Å²) in [6, 6.07) is 1.28. The summed E-state index contributed by atoms with van der Waals surface area (Å²) in [5.41, 5.74) is 4.83. The number of fused-ring (bicyclic) bond motifs is 3. The summed E-state index contributed by atoms with van der Waals surface area (Å²) in [5, 5.41) is 33.8. The van der Waals surface area contributed by atoms with Crippen LogP contribution in [-0.2, 0) is 51.1 Å². The van der Waals surface area contributed by atoms with Crippen LogP contribution >= 0.6 is 15.6 Å². The molecule has 1 aromatic rings. The molecular weight excluding hydrogens is 977 g/mol. The molecule has 7 N–H and O–H groups in total. The van der Waals surface area contributed by atoms with E-state index >= 15 is 0 Å². The van der Waals surface area contributed by atoms with Gasteiger partial charge in [-0.2, -0.15) is 9.29 Å². The minimum Gasteiger partial charge on any atom is -0.462 e. The molecule has 0 saturated heterocycles. The predicted molar refractivity (Wildman–Crippen MR) is 270 cm³/mol. The molecule has 2 aliphatic heterocycles. The summed E-state index contributed by atoms with van der Waals surface area (Å²) in [4.78, 5) is 77.8. The monoisotopic (exact) mass is 1060 g/mol. The lowest BCUT2D eigenvalue weighted by Crippen LogP contribution is -2.49. The lowest BCUT2D eigenvalue weighted by molar-refractivity contribution is -0.167. The molecule has 72 heavy (non-hydrogen) atoms. The molecule has 3 heterocycles. The Labute approximate surface area is 423 Å². The Morgan fingerprint density at radius 3 is 2.28 bits per heavy atom. The third-order valence-electron chi connectivity index (χ3n) is 11.8. The van der Waals surface area contributed by atoms with Crippen LogP contribution in [0.4, 0.5) is 5.82 Å². The average molecular weight is 1060 g/mol. The van der Waals surface area contributed by atoms with Crippen molar-refractivity contribution in [2.45, 2.75) is 179 Å². The van der Waals surface area contributed by atoms with E-state index in [0.29, 0.717) is 25.7 Å². The number of ether oxygens (including phenoxy) is 3. The van der Waals surface area contributed by atoms with E-state index in [-0.39, 0.29) is 31.5 Å². The van der Waals surface area contributed by atoms with Crippen molar-refractivity contribution >= 4 is 39.2 Å². The van der Waals surface area contributed by atoms with Crippen LogP contribution in [0.2, 0.25) is 0 Å². The van der Waals surface area contributed by atoms with Crippen LogP contribution in [0.25, 0.3) is 0 Å². The van der Waals surface area contributed by atoms with Crippen molar-refractivity contribution in [1.29, 1.82) is 0 Å². The number of carbonyl (C=O) groups excluding carboxylic acids is 3. The van der Waals surface area contributed by atoms with Gasteiger partial charge in [0.1, 0.15) is 30.9 Å². The molecule has 2 bridgehead atoms. The summed E-state index contributed by atoms with van der Waals surface area (Å²) < 4.78 is 59.0. The summed E-state index contributed by atoms with van der Waals surface area (Å²) >= 11 is 0. The maximum Gasteiger partial charge on any atom is 0.481 e. The van der Waals surface area contributed by atoms with Crippen LogP contribution in [0, 0.1) is 11.8 Å². The first kappa shape index (κ1) is 62.4. The second-order valence-corrected chi connectivity index (χ2v) is 21.0. The molecule has 3 rings (SSSR count). The number of aromatic nitrogens is 2. The summed E-state index contributed by atoms with van der Waals surface area (Å²) in [6.45, 7) is 1.52. The number of cyclic esters (lactones) is 1. The first-order chi connectivity index (χ1) is 34.4. The van der Waals surface area contributed by atoms with Gasteiger partial charge in [0, 0.05) is 25.0 Å². The molecule has 0 amide bonds. The summed E-state index contributed by atoms with van der Waals surface area (Å²) in [5.74, 6) is -4.68. The van der Waals surface area contributed by atoms with Gasteiger partial charge in [0.05, 0.1) is 31.3 Å². The van der Waals surface area contributed by atoms with E-state index in [1.54, 1.807) is 12.2 Å². The quantitative estimate of drug-likeness (QED) is 0.0262. The molecule has 20 nitrogen and oxygen atoms in total. The molecule has 0 radical (unpaired) electrons. The normalized spacial score (nSPS) is 28.1. The molecule has 10 atom stereocenters. The van der Waals surface area contributed by atoms with Crippen molar-refractivity contribution in [2.75, 3.05) is 25.6 Å². The number of phosphoric acid groups is 2. The van der Waals surface area contributed by atoms with Gasteiger partial charge in [-0.1, -0.05) is 120 Å². The van der Waals surface area contributed by atoms with Crippen molar-refractivity contribution in [2.24, 2.45) is 11.8 Å². The minimum atomic E-state index is -5.68. The minimum absolute atomic E-state index is 0.0494. The number of ketones is 1. The molecule has 0 spiro atoms. The summed E-state index contributed by atoms with van der Waals surface area (Å²) in [6.07, 6.45) is 22.9. The number of esters is 2. The van der Waals surface area contributed by atoms with Crippen molar-refractivity contribution in [3.8, 4) is 0 Å². The average Bonchev–Trinajstić information content (AvgIpc) is 3.32. The van der Waals surface area contributed by atoms with Crippen molar-refractivity contribution in [3.63, 3.8) is 0 Å². The number of nitrogens with zero attached hydrogens (tertiary/aromatic N) is 2. The molecule has 22 heteroatoms. The largest absolute Gasteiger partial charge is 0.481 e. The van der Waals surface area contributed by atoms with Crippen molar-refractivity contribution in [3.05, 3.63) is 83.5 Å². The van der Waals surface area contributed by atoms with E-state index < -0.39 is 107 Å². The number of rotatable bonds is 23. The van der Waals surface area contributed by atoms with Gasteiger partial charge in [0.15, 0.2) is 11.9 Å². The molecular formula is C50H79N3O17P2. The van der Waals surface area contributed by atoms with E-state index in [1.807, 2.05) is 6.92 Å². The Morgan fingerprint density at radius 2 is 1.57 bits per heavy atom. The van der Waals surface area contributed by atoms with Crippen LogP contribution in [0.15, 0.2) is 77.8 Å². The highest BCUT2D eigenvalue weighted by Crippen LogP contribution is 2.60. The molecule has 2 unspecified atom stereocenters. The van der Waals surface area contributed by atoms with Gasteiger partial charge >= 0.3 is 33.3 Å². The van der Waals surface area contributed by atoms with E-state index in [9.17, 15) is 53.4 Å². The standard InChI is InChI=1S/C50H79N3O17P2/c1-3-5-7-8-9-10-11-12-13-14-15-16-17-18-23-27-45(56)65-35-40-36-66-71(61,62)70-72(63,64)67-37-43-48(59)47(58)41(31-30-39(54)26-21-6-4-2)42(55)32-29-38(25-22-19-20-24-28-46(57)68-40)49(69-43)53-34-33-44(51)52-50(53)60/h9-10,12-13,19,22,29-34,38-41,43,47-49,54,58-59H,3-8,11,14-18,20-21,23-28,35-37H2,1-2H3,(H,61,62)(H,63,64)(H2,51,52,60)/b10-9-,13-12-,22-19?,31-30?,32-29?/t38-,39-,40+,41-,43+,47-,48+,49+/m0/s1. The third-order valence-corrected chi connectivity index (χ3v) is 14.4. The Morgan fingerprint density at radius 1 is 0.903 bits per heavy atom. The number of carbonyl (C=O) groups is 3. The number of hydrogen-bond donors (Lipinski definition) is 6. The number of unbranched alkanes of at least 4 members (excludes halogenated alkanes) is 10. The van der Waals surface area contributed by atoms with Gasteiger partial charge in [0.2, 0.25) is 0 Å². The smallest absolute Gasteiger partial charge is 0.462 e. The number of anilines is 1. The van der Waals surface area contributed by atoms with Crippen LogP contribution in [0.1, 0.15) is 148 Å². The maximum absolute atomic E-state index is 13.8. The zero-order valence-electron chi connectivity index (χ0n) is 41.8. The maximum atomic E-state index is 13.8. The number of aliphatic hydroxyl groups is 3. The molecule has 0 aromatic carbocycles. The topological polar surface area (TPSA) is 303 Å². The first-order valence-corrected chi connectivity index (χ1v) is 28.3. The number of nitrogens with two attached hydrogens (primary N) is 1. The summed E-state index contributed by atoms with van der Waals surface area (Å²) in [7, 11) is -11.2. The molecule has 1 aromatic heterocycles. The second-order valence-electron chi connectivity index (χ2n) is 18.0. The van der Waals surface area contributed by atoms with Gasteiger partial charge in [0.25, 0.3) is 0 Å². The molecule has 2 aliphatic rings. The van der Waals surface area contributed by atoms with Crippen LogP contribution in [-0.4, -0.2) is 103 Å².